The maximum atomic E-state index is 12.4. The third kappa shape index (κ3) is 3.30. The molecule has 0 spiro atoms. The van der Waals surface area contributed by atoms with E-state index in [1.807, 2.05) is 43.3 Å². The number of nitrogens with one attached hydrogen (secondary N) is 1. The van der Waals surface area contributed by atoms with Crippen molar-refractivity contribution in [3.63, 3.8) is 0 Å². The van der Waals surface area contributed by atoms with E-state index in [1.165, 1.54) is 11.8 Å². The molecule has 1 aromatic carbocycles. The molecule has 27 heavy (non-hydrogen) atoms. The monoisotopic (exact) mass is 380 g/mol. The number of benzene rings is 1. The first-order valence-corrected chi connectivity index (χ1v) is 9.94. The molecular weight excluding hydrogens is 360 g/mol. The minimum Gasteiger partial charge on any atom is -0.463 e. The Labute approximate surface area is 161 Å². The van der Waals surface area contributed by atoms with Gasteiger partial charge in [0.1, 0.15) is 10.9 Å². The molecule has 4 rings (SSSR count). The first-order valence-electron chi connectivity index (χ1n) is 8.96. The summed E-state index contributed by atoms with van der Waals surface area (Å²) in [5, 5.41) is 12.4. The van der Waals surface area contributed by atoms with Gasteiger partial charge in [-0.05, 0) is 18.1 Å². The average Bonchev–Trinajstić information content (AvgIpc) is 3.28. The molecule has 0 saturated heterocycles. The number of nitrogens with zero attached hydrogens (tertiary/aromatic N) is 3. The first-order chi connectivity index (χ1) is 13.2. The second-order valence-electron chi connectivity index (χ2n) is 6.16. The van der Waals surface area contributed by atoms with Crippen LogP contribution in [0.15, 0.2) is 52.1 Å². The molecule has 1 N–H and O–H groups in total. The molecule has 6 nitrogen and oxygen atoms in total. The largest absolute Gasteiger partial charge is 0.463 e. The van der Waals surface area contributed by atoms with Crippen molar-refractivity contribution >= 4 is 40.0 Å². The van der Waals surface area contributed by atoms with Gasteiger partial charge in [-0.2, -0.15) is 0 Å². The minimum atomic E-state index is -0.0596. The molecule has 0 saturated carbocycles. The smallest absolute Gasteiger partial charge is 0.234 e. The van der Waals surface area contributed by atoms with Gasteiger partial charge in [-0.1, -0.05) is 43.8 Å². The SMILES string of the molecule is CCc1ccccc1NC(=O)CSc1nnc(CC)n2c1cc1occc12. The fourth-order valence-electron chi connectivity index (χ4n) is 3.16. The lowest BCUT2D eigenvalue weighted by molar-refractivity contribution is -0.113. The standard InChI is InChI=1S/C20H20N4O2S/c1-3-13-7-5-6-8-14(13)21-19(25)12-27-20-16-11-17-15(9-10-26-17)24(16)18(4-2)22-23-20/h5-11H,3-4,12H2,1-2H3,(H,21,25). The van der Waals surface area contributed by atoms with Crippen LogP contribution in [0.3, 0.4) is 0 Å². The van der Waals surface area contributed by atoms with Crippen LogP contribution in [0.2, 0.25) is 0 Å². The molecule has 1 amide bonds. The Bertz CT molecular complexity index is 1120. The van der Waals surface area contributed by atoms with E-state index in [-0.39, 0.29) is 11.7 Å². The molecule has 0 unspecified atom stereocenters. The highest BCUT2D eigenvalue weighted by Crippen LogP contribution is 2.29. The van der Waals surface area contributed by atoms with Gasteiger partial charge in [-0.3, -0.25) is 9.20 Å². The zero-order valence-corrected chi connectivity index (χ0v) is 16.0. The van der Waals surface area contributed by atoms with Crippen molar-refractivity contribution in [2.75, 3.05) is 11.1 Å². The molecule has 0 bridgehead atoms. The molecule has 0 aliphatic rings. The second kappa shape index (κ2) is 7.44. The molecule has 3 heterocycles. The highest BCUT2D eigenvalue weighted by molar-refractivity contribution is 8.00. The number of carbonyl (C=O) groups is 1. The third-order valence-electron chi connectivity index (χ3n) is 4.49. The summed E-state index contributed by atoms with van der Waals surface area (Å²) in [6.07, 6.45) is 3.30. The van der Waals surface area contributed by atoms with Gasteiger partial charge >= 0.3 is 0 Å². The van der Waals surface area contributed by atoms with Crippen LogP contribution in [0.25, 0.3) is 16.6 Å². The van der Waals surface area contributed by atoms with Gasteiger partial charge in [0.2, 0.25) is 5.91 Å². The Morgan fingerprint density at radius 1 is 1.15 bits per heavy atom. The van der Waals surface area contributed by atoms with E-state index < -0.39 is 0 Å². The summed E-state index contributed by atoms with van der Waals surface area (Å²) in [4.78, 5) is 12.4. The van der Waals surface area contributed by atoms with Crippen molar-refractivity contribution in [3.8, 4) is 0 Å². The van der Waals surface area contributed by atoms with Crippen molar-refractivity contribution < 1.29 is 9.21 Å². The van der Waals surface area contributed by atoms with Crippen LogP contribution in [-0.2, 0) is 17.6 Å². The summed E-state index contributed by atoms with van der Waals surface area (Å²) in [7, 11) is 0. The molecule has 0 aliphatic heterocycles. The van der Waals surface area contributed by atoms with Gasteiger partial charge < -0.3 is 9.73 Å². The number of para-hydroxylation sites is 1. The zero-order chi connectivity index (χ0) is 18.8. The Morgan fingerprint density at radius 3 is 2.81 bits per heavy atom. The quantitative estimate of drug-likeness (QED) is 0.504. The van der Waals surface area contributed by atoms with Crippen LogP contribution >= 0.6 is 11.8 Å². The lowest BCUT2D eigenvalue weighted by Gasteiger charge is -2.10. The number of hydrogen-bond acceptors (Lipinski definition) is 5. The Morgan fingerprint density at radius 2 is 2.00 bits per heavy atom. The number of thioether (sulfide) groups is 1. The van der Waals surface area contributed by atoms with Gasteiger partial charge in [0, 0.05) is 24.2 Å². The zero-order valence-electron chi connectivity index (χ0n) is 15.2. The predicted molar refractivity (Wildman–Crippen MR) is 107 cm³/mol. The van der Waals surface area contributed by atoms with Crippen molar-refractivity contribution in [1.82, 2.24) is 14.6 Å². The summed E-state index contributed by atoms with van der Waals surface area (Å²) in [6.45, 7) is 4.12. The van der Waals surface area contributed by atoms with Crippen LogP contribution in [-0.4, -0.2) is 26.3 Å². The van der Waals surface area contributed by atoms with E-state index in [2.05, 4.69) is 26.8 Å². The van der Waals surface area contributed by atoms with E-state index in [4.69, 9.17) is 4.42 Å². The summed E-state index contributed by atoms with van der Waals surface area (Å²) in [6, 6.07) is 11.7. The third-order valence-corrected chi connectivity index (χ3v) is 5.46. The lowest BCUT2D eigenvalue weighted by atomic mass is 10.1. The molecule has 0 fully saturated rings. The fraction of sp³-hybridized carbons (Fsp3) is 0.250. The van der Waals surface area contributed by atoms with Crippen molar-refractivity contribution in [2.24, 2.45) is 0 Å². The molecule has 0 atom stereocenters. The summed E-state index contributed by atoms with van der Waals surface area (Å²) in [5.41, 5.74) is 4.67. The van der Waals surface area contributed by atoms with Gasteiger partial charge in [-0.25, -0.2) is 0 Å². The molecule has 0 radical (unpaired) electrons. The Hall–Kier alpha value is -2.80. The first kappa shape index (κ1) is 17.6. The number of anilines is 1. The number of amides is 1. The van der Waals surface area contributed by atoms with Gasteiger partial charge in [-0.15, -0.1) is 10.2 Å². The van der Waals surface area contributed by atoms with Crippen LogP contribution in [0.5, 0.6) is 0 Å². The van der Waals surface area contributed by atoms with E-state index in [1.54, 1.807) is 6.26 Å². The highest BCUT2D eigenvalue weighted by Gasteiger charge is 2.16. The normalized spacial score (nSPS) is 11.3. The number of fused-ring (bicyclic) bond motifs is 3. The van der Waals surface area contributed by atoms with Gasteiger partial charge in [0.25, 0.3) is 0 Å². The van der Waals surface area contributed by atoms with Crippen LogP contribution < -0.4 is 5.32 Å². The van der Waals surface area contributed by atoms with Crippen LogP contribution in [0.4, 0.5) is 5.69 Å². The molecule has 7 heteroatoms. The topological polar surface area (TPSA) is 72.4 Å². The van der Waals surface area contributed by atoms with Crippen molar-refractivity contribution in [3.05, 3.63) is 54.0 Å². The number of carbonyl (C=O) groups excluding carboxylic acids is 1. The van der Waals surface area contributed by atoms with Crippen LogP contribution in [0.1, 0.15) is 25.2 Å². The number of hydrogen-bond donors (Lipinski definition) is 1. The number of furan rings is 1. The number of aryl methyl sites for hydroxylation is 2. The predicted octanol–water partition coefficient (Wildman–Crippen LogP) is 4.33. The van der Waals surface area contributed by atoms with Gasteiger partial charge in [0.15, 0.2) is 5.58 Å². The highest BCUT2D eigenvalue weighted by atomic mass is 32.2. The Kier molecular flexibility index (Phi) is 4.85. The van der Waals surface area contributed by atoms with E-state index in [9.17, 15) is 4.79 Å². The fourth-order valence-corrected chi connectivity index (χ4v) is 3.90. The molecule has 0 aliphatic carbocycles. The molecular formula is C20H20N4O2S. The Balaban J connectivity index is 1.56. The number of aromatic nitrogens is 3. The maximum Gasteiger partial charge on any atom is 0.234 e. The van der Waals surface area contributed by atoms with E-state index in [0.29, 0.717) is 0 Å². The van der Waals surface area contributed by atoms with Crippen molar-refractivity contribution in [1.29, 1.82) is 0 Å². The molecule has 3 aromatic heterocycles. The second-order valence-corrected chi connectivity index (χ2v) is 7.12. The molecule has 138 valence electrons. The van der Waals surface area contributed by atoms with E-state index in [0.717, 1.165) is 51.6 Å². The summed E-state index contributed by atoms with van der Waals surface area (Å²) in [5.74, 6) is 1.07. The summed E-state index contributed by atoms with van der Waals surface area (Å²) >= 11 is 1.38. The van der Waals surface area contributed by atoms with Crippen LogP contribution in [0, 0.1) is 0 Å². The molecule has 4 aromatic rings. The average molecular weight is 380 g/mol. The summed E-state index contributed by atoms with van der Waals surface area (Å²) < 4.78 is 7.58. The lowest BCUT2D eigenvalue weighted by Crippen LogP contribution is -2.15. The number of rotatable bonds is 6. The van der Waals surface area contributed by atoms with E-state index >= 15 is 0 Å². The minimum absolute atomic E-state index is 0.0596. The van der Waals surface area contributed by atoms with Gasteiger partial charge in [0.05, 0.1) is 23.0 Å². The maximum absolute atomic E-state index is 12.4. The van der Waals surface area contributed by atoms with Crippen molar-refractivity contribution in [2.45, 2.75) is 31.7 Å².